The minimum atomic E-state index is -0.663. The van der Waals surface area contributed by atoms with Gasteiger partial charge in [0, 0.05) is 6.92 Å². The molecule has 26 heavy (non-hydrogen) atoms. The smallest absolute Gasteiger partial charge is 0.303 e. The Hall–Kier alpha value is -0.870. The second-order valence-corrected chi connectivity index (χ2v) is 10.2. The van der Waals surface area contributed by atoms with Crippen LogP contribution in [-0.4, -0.2) is 34.5 Å². The van der Waals surface area contributed by atoms with E-state index in [-0.39, 0.29) is 40.5 Å². The third-order valence-electron chi connectivity index (χ3n) is 8.23. The van der Waals surface area contributed by atoms with Crippen LogP contribution in [0.4, 0.5) is 0 Å². The number of rotatable bonds is 2. The minimum Gasteiger partial charge on any atom is -0.459 e. The van der Waals surface area contributed by atoms with Gasteiger partial charge in [0.15, 0.2) is 0 Å². The molecule has 1 aliphatic heterocycles. The van der Waals surface area contributed by atoms with Gasteiger partial charge in [-0.05, 0) is 68.6 Å². The number of carbonyl (C=O) groups is 1. The van der Waals surface area contributed by atoms with Crippen molar-refractivity contribution in [2.45, 2.75) is 97.1 Å². The van der Waals surface area contributed by atoms with Crippen LogP contribution < -0.4 is 0 Å². The number of aliphatic hydroxyl groups is 1. The topological polar surface area (TPSA) is 55.8 Å². The van der Waals surface area contributed by atoms with E-state index in [9.17, 15) is 9.90 Å². The van der Waals surface area contributed by atoms with Crippen molar-refractivity contribution >= 4 is 5.97 Å². The second kappa shape index (κ2) is 6.07. The van der Waals surface area contributed by atoms with Gasteiger partial charge in [-0.15, -0.1) is 6.58 Å². The Kier molecular flexibility index (Phi) is 4.64. The lowest BCUT2D eigenvalue weighted by Crippen LogP contribution is -2.67. The number of ether oxygens (including phenoxy) is 2. The Bertz CT molecular complexity index is 599. The number of aliphatic hydroxyl groups excluding tert-OH is 1. The van der Waals surface area contributed by atoms with Crippen molar-refractivity contribution in [1.82, 2.24) is 0 Å². The molecule has 0 aromatic carbocycles. The van der Waals surface area contributed by atoms with E-state index in [0.717, 1.165) is 32.1 Å². The molecule has 2 saturated carbocycles. The highest BCUT2D eigenvalue weighted by atomic mass is 16.6. The molecule has 1 heterocycles. The molecule has 2 unspecified atom stereocenters. The zero-order valence-corrected chi connectivity index (χ0v) is 17.3. The molecule has 3 rings (SSSR count). The summed E-state index contributed by atoms with van der Waals surface area (Å²) in [5, 5.41) is 10.6. The van der Waals surface area contributed by atoms with E-state index in [2.05, 4.69) is 34.3 Å². The predicted molar refractivity (Wildman–Crippen MR) is 102 cm³/mol. The normalized spacial score (nSPS) is 50.3. The summed E-state index contributed by atoms with van der Waals surface area (Å²) in [6, 6.07) is 0. The second-order valence-electron chi connectivity index (χ2n) is 10.2. The number of hydrogen-bond donors (Lipinski definition) is 1. The summed E-state index contributed by atoms with van der Waals surface area (Å²) in [4.78, 5) is 11.7. The maximum Gasteiger partial charge on any atom is 0.303 e. The van der Waals surface area contributed by atoms with Gasteiger partial charge in [0.1, 0.15) is 11.7 Å². The molecule has 0 aromatic rings. The fourth-order valence-corrected chi connectivity index (χ4v) is 6.69. The molecule has 4 nitrogen and oxygen atoms in total. The van der Waals surface area contributed by atoms with Crippen molar-refractivity contribution in [3.8, 4) is 0 Å². The van der Waals surface area contributed by atoms with E-state index in [0.29, 0.717) is 5.92 Å². The lowest BCUT2D eigenvalue weighted by atomic mass is 9.43. The SMILES string of the molecule is C=C[C@]1(C)O[C@@]2(C)CCC3C(C)(C)[C@H](O)CC[C@@]3(C)C2C[C@H]1OC(C)=O. The zero-order chi connectivity index (χ0) is 19.5. The highest BCUT2D eigenvalue weighted by Gasteiger charge is 2.65. The number of fused-ring (bicyclic) bond motifs is 3. The average Bonchev–Trinajstić information content (AvgIpc) is 2.52. The van der Waals surface area contributed by atoms with Crippen molar-refractivity contribution in [2.75, 3.05) is 0 Å². The van der Waals surface area contributed by atoms with Crippen LogP contribution in [0, 0.1) is 22.7 Å². The van der Waals surface area contributed by atoms with Crippen LogP contribution in [0.2, 0.25) is 0 Å². The number of carbonyl (C=O) groups excluding carboxylic acids is 1. The van der Waals surface area contributed by atoms with Crippen LogP contribution in [-0.2, 0) is 14.3 Å². The molecule has 1 N–H and O–H groups in total. The van der Waals surface area contributed by atoms with Gasteiger partial charge < -0.3 is 14.6 Å². The quantitative estimate of drug-likeness (QED) is 0.588. The first-order valence-corrected chi connectivity index (χ1v) is 10.1. The minimum absolute atomic E-state index is 0.0661. The summed E-state index contributed by atoms with van der Waals surface area (Å²) in [6.45, 7) is 16.4. The molecule has 3 aliphatic rings. The van der Waals surface area contributed by atoms with Crippen LogP contribution in [0.25, 0.3) is 0 Å². The molecule has 0 amide bonds. The Labute approximate surface area is 158 Å². The monoisotopic (exact) mass is 364 g/mol. The van der Waals surface area contributed by atoms with E-state index in [1.54, 1.807) is 6.08 Å². The molecule has 1 saturated heterocycles. The van der Waals surface area contributed by atoms with Gasteiger partial charge >= 0.3 is 5.97 Å². The largest absolute Gasteiger partial charge is 0.459 e. The van der Waals surface area contributed by atoms with Gasteiger partial charge in [0.25, 0.3) is 0 Å². The van der Waals surface area contributed by atoms with E-state index in [4.69, 9.17) is 9.47 Å². The van der Waals surface area contributed by atoms with Crippen LogP contribution >= 0.6 is 0 Å². The molecule has 148 valence electrons. The third kappa shape index (κ3) is 2.75. The van der Waals surface area contributed by atoms with E-state index >= 15 is 0 Å². The molecular weight excluding hydrogens is 328 g/mol. The molecule has 0 spiro atoms. The summed E-state index contributed by atoms with van der Waals surface area (Å²) in [5.74, 6) is 0.455. The van der Waals surface area contributed by atoms with Gasteiger partial charge in [0.2, 0.25) is 0 Å². The van der Waals surface area contributed by atoms with Crippen LogP contribution in [0.15, 0.2) is 12.7 Å². The van der Waals surface area contributed by atoms with Gasteiger partial charge in [-0.1, -0.05) is 26.8 Å². The van der Waals surface area contributed by atoms with Crippen LogP contribution in [0.5, 0.6) is 0 Å². The van der Waals surface area contributed by atoms with E-state index in [1.807, 2.05) is 6.92 Å². The molecule has 3 fully saturated rings. The van der Waals surface area contributed by atoms with Gasteiger partial charge in [-0.3, -0.25) is 4.79 Å². The summed E-state index contributed by atoms with van der Waals surface area (Å²) in [5.41, 5.74) is -0.964. The highest BCUT2D eigenvalue weighted by Crippen LogP contribution is 2.65. The van der Waals surface area contributed by atoms with E-state index in [1.165, 1.54) is 6.92 Å². The summed E-state index contributed by atoms with van der Waals surface area (Å²) in [7, 11) is 0. The standard InChI is InChI=1S/C22H36O4/c1-8-21(6)18(25-14(2)23)13-16-20(5)11-10-17(24)19(3,4)15(20)9-12-22(16,7)26-21/h8,15-18,24H,1,9-13H2,2-7H3/t15?,16?,17-,18-,20-,21+,22+/m1/s1. The van der Waals surface area contributed by atoms with Crippen molar-refractivity contribution in [3.05, 3.63) is 12.7 Å². The van der Waals surface area contributed by atoms with Crippen molar-refractivity contribution < 1.29 is 19.4 Å². The molecule has 0 radical (unpaired) electrons. The van der Waals surface area contributed by atoms with Crippen molar-refractivity contribution in [2.24, 2.45) is 22.7 Å². The summed E-state index contributed by atoms with van der Waals surface area (Å²) in [6.07, 6.45) is 5.84. The number of esters is 1. The molecule has 2 aliphatic carbocycles. The first-order valence-electron chi connectivity index (χ1n) is 10.1. The predicted octanol–water partition coefficient (Wildman–Crippen LogP) is 4.26. The van der Waals surface area contributed by atoms with Gasteiger partial charge in [-0.2, -0.15) is 0 Å². The fraction of sp³-hybridized carbons (Fsp3) is 0.864. The molecule has 0 bridgehead atoms. The highest BCUT2D eigenvalue weighted by molar-refractivity contribution is 5.66. The van der Waals surface area contributed by atoms with Crippen LogP contribution in [0.1, 0.15) is 73.6 Å². The van der Waals surface area contributed by atoms with Gasteiger partial charge in [0.05, 0.1) is 11.7 Å². The Morgan fingerprint density at radius 3 is 2.38 bits per heavy atom. The fourth-order valence-electron chi connectivity index (χ4n) is 6.69. The molecule has 7 atom stereocenters. The zero-order valence-electron chi connectivity index (χ0n) is 17.3. The van der Waals surface area contributed by atoms with Crippen molar-refractivity contribution in [1.29, 1.82) is 0 Å². The molecular formula is C22H36O4. The average molecular weight is 365 g/mol. The summed E-state index contributed by atoms with van der Waals surface area (Å²) < 4.78 is 12.4. The lowest BCUT2D eigenvalue weighted by molar-refractivity contribution is -0.290. The third-order valence-corrected chi connectivity index (χ3v) is 8.23. The maximum absolute atomic E-state index is 11.7. The van der Waals surface area contributed by atoms with Crippen molar-refractivity contribution in [3.63, 3.8) is 0 Å². The van der Waals surface area contributed by atoms with E-state index < -0.39 is 5.60 Å². The Morgan fingerprint density at radius 2 is 1.81 bits per heavy atom. The van der Waals surface area contributed by atoms with Gasteiger partial charge in [-0.25, -0.2) is 0 Å². The maximum atomic E-state index is 11.7. The lowest BCUT2D eigenvalue weighted by Gasteiger charge is -2.66. The first-order chi connectivity index (χ1) is 11.9. The van der Waals surface area contributed by atoms with Crippen LogP contribution in [0.3, 0.4) is 0 Å². The first kappa shape index (κ1) is 19.9. The molecule has 0 aromatic heterocycles. The number of hydrogen-bond acceptors (Lipinski definition) is 4. The summed E-state index contributed by atoms with van der Waals surface area (Å²) >= 11 is 0. The Balaban J connectivity index is 2.00. The molecule has 4 heteroatoms. The Morgan fingerprint density at radius 1 is 1.15 bits per heavy atom.